The summed E-state index contributed by atoms with van der Waals surface area (Å²) in [4.78, 5) is 12.1. The molecule has 0 aliphatic rings. The van der Waals surface area contributed by atoms with Gasteiger partial charge in [0.05, 0.1) is 6.61 Å². The van der Waals surface area contributed by atoms with E-state index in [1.165, 1.54) is 0 Å². The highest BCUT2D eigenvalue weighted by atomic mass is 16.5. The van der Waals surface area contributed by atoms with Crippen LogP contribution in [0.2, 0.25) is 0 Å². The van der Waals surface area contributed by atoms with Gasteiger partial charge in [0.15, 0.2) is 0 Å². The standard InChI is InChI=1S/C17H20O2/c1-5-10-15(17(18)19-6-2)16(13(3)4)14-11-8-7-9-12-14/h5,7-9,11-12H,1,3,6,10H2,2,4H3/b16-15+. The largest absolute Gasteiger partial charge is 0.463 e. The molecule has 1 rings (SSSR count). The fourth-order valence-electron chi connectivity index (χ4n) is 1.93. The van der Waals surface area contributed by atoms with Crippen molar-refractivity contribution in [2.75, 3.05) is 6.61 Å². The smallest absolute Gasteiger partial charge is 0.334 e. The van der Waals surface area contributed by atoms with Crippen LogP contribution in [0.1, 0.15) is 25.8 Å². The first-order valence-electron chi connectivity index (χ1n) is 6.34. The summed E-state index contributed by atoms with van der Waals surface area (Å²) in [7, 11) is 0. The highest BCUT2D eigenvalue weighted by Crippen LogP contribution is 2.28. The molecule has 0 amide bonds. The van der Waals surface area contributed by atoms with Crippen LogP contribution in [0.3, 0.4) is 0 Å². The van der Waals surface area contributed by atoms with E-state index in [2.05, 4.69) is 13.2 Å². The highest BCUT2D eigenvalue weighted by molar-refractivity contribution is 6.01. The van der Waals surface area contributed by atoms with Gasteiger partial charge in [0, 0.05) is 5.57 Å². The van der Waals surface area contributed by atoms with E-state index < -0.39 is 0 Å². The molecular weight excluding hydrogens is 236 g/mol. The molecule has 0 heterocycles. The number of carbonyl (C=O) groups excluding carboxylic acids is 1. The minimum Gasteiger partial charge on any atom is -0.463 e. The van der Waals surface area contributed by atoms with E-state index in [9.17, 15) is 4.79 Å². The Labute approximate surface area is 115 Å². The van der Waals surface area contributed by atoms with Crippen molar-refractivity contribution in [1.29, 1.82) is 0 Å². The molecule has 0 aliphatic carbocycles. The third-order valence-electron chi connectivity index (χ3n) is 2.66. The first-order valence-corrected chi connectivity index (χ1v) is 6.34. The topological polar surface area (TPSA) is 26.3 Å². The van der Waals surface area contributed by atoms with Gasteiger partial charge in [0.25, 0.3) is 0 Å². The Hall–Kier alpha value is -2.09. The highest BCUT2D eigenvalue weighted by Gasteiger charge is 2.17. The molecule has 2 heteroatoms. The monoisotopic (exact) mass is 256 g/mol. The van der Waals surface area contributed by atoms with Gasteiger partial charge in [-0.1, -0.05) is 43.0 Å². The molecule has 19 heavy (non-hydrogen) atoms. The molecule has 0 saturated heterocycles. The number of hydrogen-bond donors (Lipinski definition) is 0. The Morgan fingerprint density at radius 1 is 1.32 bits per heavy atom. The molecule has 0 aliphatic heterocycles. The second kappa shape index (κ2) is 7.37. The number of esters is 1. The summed E-state index contributed by atoms with van der Waals surface area (Å²) in [5.41, 5.74) is 3.27. The third kappa shape index (κ3) is 3.95. The lowest BCUT2D eigenvalue weighted by molar-refractivity contribution is -0.138. The van der Waals surface area contributed by atoms with Crippen molar-refractivity contribution in [1.82, 2.24) is 0 Å². The SMILES string of the molecule is C=CC/C(C(=O)OCC)=C(/C(=C)C)c1ccccc1. The summed E-state index contributed by atoms with van der Waals surface area (Å²) in [6.45, 7) is 11.7. The van der Waals surface area contributed by atoms with Gasteiger partial charge in [-0.3, -0.25) is 0 Å². The molecule has 0 N–H and O–H groups in total. The Balaban J connectivity index is 3.38. The number of allylic oxidation sites excluding steroid dienone is 3. The molecular formula is C17H20O2. The molecule has 0 fully saturated rings. The summed E-state index contributed by atoms with van der Waals surface area (Å²) in [6, 6.07) is 9.75. The lowest BCUT2D eigenvalue weighted by Gasteiger charge is -2.14. The van der Waals surface area contributed by atoms with Crippen LogP contribution in [0, 0.1) is 0 Å². The van der Waals surface area contributed by atoms with E-state index in [0.29, 0.717) is 18.6 Å². The van der Waals surface area contributed by atoms with E-state index in [1.54, 1.807) is 13.0 Å². The summed E-state index contributed by atoms with van der Waals surface area (Å²) in [5, 5.41) is 0. The van der Waals surface area contributed by atoms with Crippen LogP contribution >= 0.6 is 0 Å². The fourth-order valence-corrected chi connectivity index (χ4v) is 1.93. The van der Waals surface area contributed by atoms with Crippen LogP contribution < -0.4 is 0 Å². The quantitative estimate of drug-likeness (QED) is 0.331. The average Bonchev–Trinajstić information content (AvgIpc) is 2.39. The minimum absolute atomic E-state index is 0.302. The summed E-state index contributed by atoms with van der Waals surface area (Å²) in [5.74, 6) is -0.302. The summed E-state index contributed by atoms with van der Waals surface area (Å²) < 4.78 is 5.12. The maximum absolute atomic E-state index is 12.1. The van der Waals surface area contributed by atoms with E-state index in [4.69, 9.17) is 4.74 Å². The van der Waals surface area contributed by atoms with Gasteiger partial charge >= 0.3 is 5.97 Å². The van der Waals surface area contributed by atoms with Crippen LogP contribution in [0.15, 0.2) is 60.7 Å². The van der Waals surface area contributed by atoms with Gasteiger partial charge < -0.3 is 4.74 Å². The second-order valence-electron chi connectivity index (χ2n) is 4.21. The Morgan fingerprint density at radius 3 is 2.42 bits per heavy atom. The van der Waals surface area contributed by atoms with Crippen molar-refractivity contribution in [3.8, 4) is 0 Å². The third-order valence-corrected chi connectivity index (χ3v) is 2.66. The van der Waals surface area contributed by atoms with Crippen molar-refractivity contribution in [3.63, 3.8) is 0 Å². The lowest BCUT2D eigenvalue weighted by Crippen LogP contribution is -2.10. The number of rotatable bonds is 6. The zero-order valence-electron chi connectivity index (χ0n) is 11.6. The predicted octanol–water partition coefficient (Wildman–Crippen LogP) is 4.16. The average molecular weight is 256 g/mol. The van der Waals surface area contributed by atoms with Crippen LogP contribution in [0.4, 0.5) is 0 Å². The zero-order valence-corrected chi connectivity index (χ0v) is 11.6. The molecule has 0 atom stereocenters. The molecule has 2 nitrogen and oxygen atoms in total. The van der Waals surface area contributed by atoms with Crippen LogP contribution in [-0.4, -0.2) is 12.6 Å². The van der Waals surface area contributed by atoms with Crippen molar-refractivity contribution in [2.24, 2.45) is 0 Å². The Kier molecular flexibility index (Phi) is 5.80. The van der Waals surface area contributed by atoms with Crippen molar-refractivity contribution >= 4 is 11.5 Å². The van der Waals surface area contributed by atoms with Crippen molar-refractivity contribution < 1.29 is 9.53 Å². The lowest BCUT2D eigenvalue weighted by atomic mass is 9.93. The molecule has 0 spiro atoms. The van der Waals surface area contributed by atoms with Gasteiger partial charge in [-0.15, -0.1) is 6.58 Å². The molecule has 0 radical (unpaired) electrons. The minimum atomic E-state index is -0.302. The Morgan fingerprint density at radius 2 is 1.95 bits per heavy atom. The fraction of sp³-hybridized carbons (Fsp3) is 0.235. The van der Waals surface area contributed by atoms with E-state index in [0.717, 1.165) is 16.7 Å². The maximum atomic E-state index is 12.1. The molecule has 100 valence electrons. The number of hydrogen-bond acceptors (Lipinski definition) is 2. The number of carbonyl (C=O) groups is 1. The molecule has 0 bridgehead atoms. The van der Waals surface area contributed by atoms with Gasteiger partial charge in [-0.25, -0.2) is 4.79 Å². The number of ether oxygens (including phenoxy) is 1. The van der Waals surface area contributed by atoms with Gasteiger partial charge in [-0.2, -0.15) is 0 Å². The van der Waals surface area contributed by atoms with E-state index in [1.807, 2.05) is 37.3 Å². The van der Waals surface area contributed by atoms with Gasteiger partial charge in [0.2, 0.25) is 0 Å². The second-order valence-corrected chi connectivity index (χ2v) is 4.21. The van der Waals surface area contributed by atoms with Crippen molar-refractivity contribution in [2.45, 2.75) is 20.3 Å². The first kappa shape index (κ1) is 15.0. The van der Waals surface area contributed by atoms with E-state index in [-0.39, 0.29) is 5.97 Å². The predicted molar refractivity (Wildman–Crippen MR) is 79.6 cm³/mol. The van der Waals surface area contributed by atoms with Crippen molar-refractivity contribution in [3.05, 3.63) is 66.3 Å². The molecule has 0 unspecified atom stereocenters. The summed E-state index contributed by atoms with van der Waals surface area (Å²) in [6.07, 6.45) is 2.17. The van der Waals surface area contributed by atoms with E-state index >= 15 is 0 Å². The van der Waals surface area contributed by atoms with Crippen LogP contribution in [-0.2, 0) is 9.53 Å². The van der Waals surface area contributed by atoms with Gasteiger partial charge in [0.1, 0.15) is 0 Å². The number of benzene rings is 1. The van der Waals surface area contributed by atoms with Crippen LogP contribution in [0.25, 0.3) is 5.57 Å². The maximum Gasteiger partial charge on any atom is 0.334 e. The Bertz CT molecular complexity index is 495. The first-order chi connectivity index (χ1) is 9.11. The summed E-state index contributed by atoms with van der Waals surface area (Å²) >= 11 is 0. The van der Waals surface area contributed by atoms with Crippen LogP contribution in [0.5, 0.6) is 0 Å². The molecule has 0 saturated carbocycles. The zero-order chi connectivity index (χ0) is 14.3. The molecule has 1 aromatic carbocycles. The molecule has 0 aromatic heterocycles. The van der Waals surface area contributed by atoms with Gasteiger partial charge in [-0.05, 0) is 37.0 Å². The molecule has 1 aromatic rings. The normalized spacial score (nSPS) is 11.5.